The van der Waals surface area contributed by atoms with Crippen molar-refractivity contribution in [3.05, 3.63) is 71.8 Å². The molecular weight excluding hydrogens is 530 g/mol. The highest BCUT2D eigenvalue weighted by atomic mass is 16.7. The van der Waals surface area contributed by atoms with E-state index >= 15 is 0 Å². The minimum atomic E-state index is -1.16. The van der Waals surface area contributed by atoms with Gasteiger partial charge in [-0.2, -0.15) is 0 Å². The van der Waals surface area contributed by atoms with Crippen LogP contribution in [0.15, 0.2) is 60.7 Å². The molecule has 1 aromatic heterocycles. The average molecular weight is 566 g/mol. The quantitative estimate of drug-likeness (QED) is 0.264. The first-order chi connectivity index (χ1) is 19.5. The van der Waals surface area contributed by atoms with Crippen LogP contribution in [0.4, 0.5) is 9.59 Å². The van der Waals surface area contributed by atoms with E-state index in [0.29, 0.717) is 24.1 Å². The number of carbonyl (C=O) groups excluding carboxylic acids is 3. The molecule has 1 atom stereocenters. The highest BCUT2D eigenvalue weighted by molar-refractivity contribution is 5.82. The second-order valence-corrected chi connectivity index (χ2v) is 10.7. The monoisotopic (exact) mass is 565 g/mol. The molecule has 4 N–H and O–H groups in total. The van der Waals surface area contributed by atoms with Crippen molar-refractivity contribution in [1.82, 2.24) is 15.4 Å². The zero-order chi connectivity index (χ0) is 29.6. The van der Waals surface area contributed by atoms with E-state index in [9.17, 15) is 24.6 Å². The van der Waals surface area contributed by atoms with Crippen molar-refractivity contribution in [2.45, 2.75) is 57.6 Å². The average Bonchev–Trinajstić information content (AvgIpc) is 3.41. The molecule has 0 saturated carbocycles. The first-order valence-electron chi connectivity index (χ1n) is 13.4. The molecule has 4 rings (SSSR count). The Balaban J connectivity index is 1.36. The van der Waals surface area contributed by atoms with Crippen LogP contribution in [-0.2, 0) is 14.3 Å². The lowest BCUT2D eigenvalue weighted by Gasteiger charge is -2.20. The third-order valence-electron chi connectivity index (χ3n) is 6.49. The van der Waals surface area contributed by atoms with Gasteiger partial charge in [-0.25, -0.2) is 14.4 Å². The highest BCUT2D eigenvalue weighted by Gasteiger charge is 2.30. The lowest BCUT2D eigenvalue weighted by atomic mass is 9.98. The van der Waals surface area contributed by atoms with Gasteiger partial charge in [-0.3, -0.25) is 0 Å². The number of ether oxygens (including phenoxy) is 2. The molecular formula is C30H35N3O8. The van der Waals surface area contributed by atoms with E-state index in [1.807, 2.05) is 48.5 Å². The molecule has 0 spiro atoms. The maximum atomic E-state index is 12.9. The molecule has 0 radical (unpaired) electrons. The van der Waals surface area contributed by atoms with Crippen LogP contribution in [-0.4, -0.2) is 57.9 Å². The Hall–Kier alpha value is -4.67. The maximum Gasteiger partial charge on any atom is 0.407 e. The van der Waals surface area contributed by atoms with E-state index in [0.717, 1.165) is 34.4 Å². The number of nitrogens with zero attached hydrogens (tertiary/aromatic N) is 1. The minimum absolute atomic E-state index is 0.0562. The molecule has 3 aromatic rings. The van der Waals surface area contributed by atoms with Crippen molar-refractivity contribution < 1.29 is 38.9 Å². The molecule has 0 aliphatic heterocycles. The maximum absolute atomic E-state index is 12.9. The molecule has 218 valence electrons. The van der Waals surface area contributed by atoms with Crippen molar-refractivity contribution in [3.8, 4) is 22.9 Å². The number of carbonyl (C=O) groups is 3. The number of benzene rings is 2. The van der Waals surface area contributed by atoms with E-state index in [1.54, 1.807) is 20.8 Å². The van der Waals surface area contributed by atoms with Crippen LogP contribution in [0.3, 0.4) is 0 Å². The highest BCUT2D eigenvalue weighted by Crippen LogP contribution is 2.44. The molecule has 1 aliphatic carbocycles. The zero-order valence-electron chi connectivity index (χ0n) is 23.3. The van der Waals surface area contributed by atoms with Gasteiger partial charge in [0, 0.05) is 24.6 Å². The van der Waals surface area contributed by atoms with Gasteiger partial charge in [0.2, 0.25) is 11.8 Å². The van der Waals surface area contributed by atoms with Crippen molar-refractivity contribution in [2.24, 2.45) is 0 Å². The summed E-state index contributed by atoms with van der Waals surface area (Å²) in [6.45, 7) is 5.63. The summed E-state index contributed by atoms with van der Waals surface area (Å²) in [6.07, 6.45) is -0.328. The van der Waals surface area contributed by atoms with E-state index in [2.05, 4.69) is 10.6 Å². The molecule has 0 bridgehead atoms. The number of amides is 2. The molecule has 0 fully saturated rings. The van der Waals surface area contributed by atoms with E-state index in [4.69, 9.17) is 14.3 Å². The first-order valence-corrected chi connectivity index (χ1v) is 13.4. The normalized spacial score (nSPS) is 13.0. The summed E-state index contributed by atoms with van der Waals surface area (Å²) in [5, 5.41) is 24.9. The molecule has 0 unspecified atom stereocenters. The van der Waals surface area contributed by atoms with E-state index in [1.165, 1.54) is 0 Å². The first kappa shape index (κ1) is 29.3. The van der Waals surface area contributed by atoms with Crippen LogP contribution < -0.4 is 15.5 Å². The Morgan fingerprint density at radius 2 is 1.46 bits per heavy atom. The van der Waals surface area contributed by atoms with E-state index < -0.39 is 41.6 Å². The standard InChI is InChI=1S/C30H35N3O8/c1-30(2,3)40-28(37)31-17-9-8-14-24(27(36)41-33-25(34)15-16-26(33)35)32-29(38)39-18-23-21-12-6-4-10-19(21)20-11-5-7-13-22(20)23/h4-7,10-13,15-16,23-24,34-35H,8-9,14,17-18H2,1-3H3,(H,31,37)(H,32,38)/t24-/m0/s1. The van der Waals surface area contributed by atoms with Gasteiger partial charge >= 0.3 is 18.2 Å². The smallest absolute Gasteiger partial charge is 0.407 e. The zero-order valence-corrected chi connectivity index (χ0v) is 23.3. The molecule has 0 saturated heterocycles. The van der Waals surface area contributed by atoms with Crippen molar-refractivity contribution in [3.63, 3.8) is 0 Å². The number of nitrogens with one attached hydrogen (secondary N) is 2. The van der Waals surface area contributed by atoms with Crippen LogP contribution in [0.2, 0.25) is 0 Å². The number of hydrogen-bond donors (Lipinski definition) is 4. The number of aromatic hydroxyl groups is 2. The SMILES string of the molecule is CC(C)(C)OC(=O)NCCCC[C@H](NC(=O)OCC1c2ccccc2-c2ccccc21)C(=O)On1c(O)ccc1O. The summed E-state index contributed by atoms with van der Waals surface area (Å²) >= 11 is 0. The number of unbranched alkanes of at least 4 members (excludes halogenated alkanes) is 1. The van der Waals surface area contributed by atoms with Gasteiger partial charge in [0.05, 0.1) is 0 Å². The summed E-state index contributed by atoms with van der Waals surface area (Å²) in [5.74, 6) is -2.05. The lowest BCUT2D eigenvalue weighted by Crippen LogP contribution is -2.45. The minimum Gasteiger partial charge on any atom is -0.492 e. The van der Waals surface area contributed by atoms with Gasteiger partial charge in [-0.1, -0.05) is 48.5 Å². The number of alkyl carbamates (subject to hydrolysis) is 2. The predicted molar refractivity (Wildman–Crippen MR) is 149 cm³/mol. The molecule has 1 heterocycles. The van der Waals surface area contributed by atoms with Gasteiger partial charge in [-0.15, -0.1) is 4.73 Å². The third-order valence-corrected chi connectivity index (χ3v) is 6.49. The summed E-state index contributed by atoms with van der Waals surface area (Å²) in [5.41, 5.74) is 3.65. The second-order valence-electron chi connectivity index (χ2n) is 10.7. The molecule has 2 aromatic carbocycles. The summed E-state index contributed by atoms with van der Waals surface area (Å²) in [4.78, 5) is 42.8. The van der Waals surface area contributed by atoms with Crippen LogP contribution in [0.25, 0.3) is 11.1 Å². The Labute approximate surface area is 238 Å². The molecule has 41 heavy (non-hydrogen) atoms. The Kier molecular flexibility index (Phi) is 9.06. The van der Waals surface area contributed by atoms with Crippen molar-refractivity contribution in [1.29, 1.82) is 0 Å². The summed E-state index contributed by atoms with van der Waals surface area (Å²) in [7, 11) is 0. The van der Waals surface area contributed by atoms with Gasteiger partial charge in [0.15, 0.2) is 0 Å². The number of hydrogen-bond acceptors (Lipinski definition) is 8. The summed E-state index contributed by atoms with van der Waals surface area (Å²) < 4.78 is 11.3. The number of rotatable bonds is 10. The number of aromatic nitrogens is 1. The summed E-state index contributed by atoms with van der Waals surface area (Å²) in [6, 6.07) is 17.0. The topological polar surface area (TPSA) is 148 Å². The van der Waals surface area contributed by atoms with Gasteiger partial charge in [0.1, 0.15) is 18.2 Å². The Bertz CT molecular complexity index is 1330. The van der Waals surface area contributed by atoms with Gasteiger partial charge < -0.3 is 35.2 Å². The third kappa shape index (κ3) is 7.50. The van der Waals surface area contributed by atoms with Crippen LogP contribution in [0, 0.1) is 0 Å². The Morgan fingerprint density at radius 3 is 2.05 bits per heavy atom. The van der Waals surface area contributed by atoms with Crippen LogP contribution >= 0.6 is 0 Å². The fourth-order valence-electron chi connectivity index (χ4n) is 4.66. The largest absolute Gasteiger partial charge is 0.492 e. The van der Waals surface area contributed by atoms with Gasteiger partial charge in [0.25, 0.3) is 0 Å². The van der Waals surface area contributed by atoms with E-state index in [-0.39, 0.29) is 18.9 Å². The van der Waals surface area contributed by atoms with Crippen LogP contribution in [0.5, 0.6) is 11.8 Å². The molecule has 11 heteroatoms. The fraction of sp³-hybridized carbons (Fsp3) is 0.367. The fourth-order valence-corrected chi connectivity index (χ4v) is 4.66. The van der Waals surface area contributed by atoms with Crippen LogP contribution in [0.1, 0.15) is 57.1 Å². The number of fused-ring (bicyclic) bond motifs is 3. The second kappa shape index (κ2) is 12.7. The van der Waals surface area contributed by atoms with Gasteiger partial charge in [-0.05, 0) is 62.3 Å². The molecule has 1 aliphatic rings. The van der Waals surface area contributed by atoms with Crippen molar-refractivity contribution >= 4 is 18.2 Å². The molecule has 11 nitrogen and oxygen atoms in total. The predicted octanol–water partition coefficient (Wildman–Crippen LogP) is 4.46. The molecule has 2 amide bonds. The van der Waals surface area contributed by atoms with Crippen molar-refractivity contribution in [2.75, 3.05) is 13.2 Å². The Morgan fingerprint density at radius 1 is 0.878 bits per heavy atom. The lowest BCUT2D eigenvalue weighted by molar-refractivity contribution is -0.148.